The Labute approximate surface area is 110 Å². The van der Waals surface area contributed by atoms with Gasteiger partial charge in [0.2, 0.25) is 0 Å². The van der Waals surface area contributed by atoms with E-state index in [1.165, 1.54) is 11.0 Å². The molecule has 2 aromatic heterocycles. The van der Waals surface area contributed by atoms with E-state index in [-0.39, 0.29) is 24.1 Å². The summed E-state index contributed by atoms with van der Waals surface area (Å²) in [5, 5.41) is 13.0. The molecule has 7 nitrogen and oxygen atoms in total. The maximum atomic E-state index is 8.78. The van der Waals surface area contributed by atoms with Crippen LogP contribution in [0.25, 0.3) is 5.82 Å². The summed E-state index contributed by atoms with van der Waals surface area (Å²) in [5.41, 5.74) is 6.08. The number of hydrogen-bond acceptors (Lipinski definition) is 6. The SMILES string of the molecule is Cc1nc([C@H](C)N)n(-c2cc(C#N)ncn2)n1.Cl. The van der Waals surface area contributed by atoms with Gasteiger partial charge in [0.05, 0.1) is 6.04 Å². The molecule has 0 aliphatic rings. The van der Waals surface area contributed by atoms with Crippen molar-refractivity contribution in [2.24, 2.45) is 5.73 Å². The Hall–Kier alpha value is -2.04. The van der Waals surface area contributed by atoms with Gasteiger partial charge >= 0.3 is 0 Å². The van der Waals surface area contributed by atoms with E-state index in [1.807, 2.05) is 13.0 Å². The highest BCUT2D eigenvalue weighted by Crippen LogP contribution is 2.12. The van der Waals surface area contributed by atoms with Crippen molar-refractivity contribution in [3.63, 3.8) is 0 Å². The Kier molecular flexibility index (Phi) is 4.31. The number of nitriles is 1. The van der Waals surface area contributed by atoms with Crippen LogP contribution in [0.1, 0.15) is 30.3 Å². The number of nitrogens with two attached hydrogens (primary N) is 1. The lowest BCUT2D eigenvalue weighted by molar-refractivity contribution is 0.679. The molecule has 2 N–H and O–H groups in total. The monoisotopic (exact) mass is 265 g/mol. The first-order valence-corrected chi connectivity index (χ1v) is 5.03. The van der Waals surface area contributed by atoms with Gasteiger partial charge in [-0.25, -0.2) is 15.0 Å². The van der Waals surface area contributed by atoms with E-state index >= 15 is 0 Å². The average molecular weight is 266 g/mol. The largest absolute Gasteiger partial charge is 0.322 e. The van der Waals surface area contributed by atoms with Crippen LogP contribution in [0.4, 0.5) is 0 Å². The second-order valence-corrected chi connectivity index (χ2v) is 3.59. The van der Waals surface area contributed by atoms with Gasteiger partial charge in [-0.2, -0.15) is 9.94 Å². The minimum Gasteiger partial charge on any atom is -0.322 e. The summed E-state index contributed by atoms with van der Waals surface area (Å²) < 4.78 is 1.53. The van der Waals surface area contributed by atoms with Crippen LogP contribution in [-0.2, 0) is 0 Å². The van der Waals surface area contributed by atoms with Crippen LogP contribution >= 0.6 is 12.4 Å². The predicted octanol–water partition coefficient (Wildman–Crippen LogP) is 0.679. The summed E-state index contributed by atoms with van der Waals surface area (Å²) in [6, 6.07) is 3.22. The topological polar surface area (TPSA) is 106 Å². The quantitative estimate of drug-likeness (QED) is 0.856. The molecule has 0 aliphatic heterocycles. The van der Waals surface area contributed by atoms with Crippen LogP contribution in [0.5, 0.6) is 0 Å². The number of halogens is 1. The predicted molar refractivity (Wildman–Crippen MR) is 66.3 cm³/mol. The van der Waals surface area contributed by atoms with Gasteiger partial charge < -0.3 is 5.73 Å². The van der Waals surface area contributed by atoms with E-state index in [9.17, 15) is 0 Å². The highest BCUT2D eigenvalue weighted by Gasteiger charge is 2.14. The van der Waals surface area contributed by atoms with Gasteiger partial charge in [-0.1, -0.05) is 0 Å². The third-order valence-corrected chi connectivity index (χ3v) is 2.13. The first-order valence-electron chi connectivity index (χ1n) is 5.03. The van der Waals surface area contributed by atoms with Crippen LogP contribution in [0, 0.1) is 18.3 Å². The minimum absolute atomic E-state index is 0. The van der Waals surface area contributed by atoms with Crippen LogP contribution in [0.3, 0.4) is 0 Å². The second kappa shape index (κ2) is 5.53. The van der Waals surface area contributed by atoms with Crippen molar-refractivity contribution in [3.8, 4) is 11.9 Å². The summed E-state index contributed by atoms with van der Waals surface area (Å²) in [7, 11) is 0. The fourth-order valence-corrected chi connectivity index (χ4v) is 1.42. The van der Waals surface area contributed by atoms with Crippen molar-refractivity contribution in [2.45, 2.75) is 19.9 Å². The van der Waals surface area contributed by atoms with E-state index in [4.69, 9.17) is 11.0 Å². The van der Waals surface area contributed by atoms with Gasteiger partial charge in [-0.15, -0.1) is 17.5 Å². The molecule has 0 radical (unpaired) electrons. The third-order valence-electron chi connectivity index (χ3n) is 2.13. The van der Waals surface area contributed by atoms with E-state index < -0.39 is 0 Å². The van der Waals surface area contributed by atoms with Crippen LogP contribution in [0.15, 0.2) is 12.4 Å². The van der Waals surface area contributed by atoms with Crippen LogP contribution in [-0.4, -0.2) is 24.7 Å². The first kappa shape index (κ1) is 14.0. The molecule has 0 aromatic carbocycles. The second-order valence-electron chi connectivity index (χ2n) is 3.59. The van der Waals surface area contributed by atoms with E-state index in [0.717, 1.165) is 0 Å². The van der Waals surface area contributed by atoms with Crippen LogP contribution in [0.2, 0.25) is 0 Å². The molecule has 0 fully saturated rings. The number of hydrogen-bond donors (Lipinski definition) is 1. The normalized spacial score (nSPS) is 11.4. The zero-order valence-corrected chi connectivity index (χ0v) is 10.7. The van der Waals surface area contributed by atoms with Crippen molar-refractivity contribution >= 4 is 12.4 Å². The molecule has 1 atom stereocenters. The highest BCUT2D eigenvalue weighted by atomic mass is 35.5. The standard InChI is InChI=1S/C10H11N7.ClH/c1-6(12)10-15-7(2)16-17(10)9-3-8(4-11)13-5-14-9;/h3,5-6H,12H2,1-2H3;1H/t6-;/m0./s1. The maximum Gasteiger partial charge on any atom is 0.160 e. The smallest absolute Gasteiger partial charge is 0.160 e. The maximum absolute atomic E-state index is 8.78. The van der Waals surface area contributed by atoms with Crippen molar-refractivity contribution in [1.29, 1.82) is 5.26 Å². The summed E-state index contributed by atoms with van der Waals surface area (Å²) in [6.45, 7) is 3.58. The van der Waals surface area contributed by atoms with E-state index in [0.29, 0.717) is 17.5 Å². The van der Waals surface area contributed by atoms with Gasteiger partial charge in [0.1, 0.15) is 23.9 Å². The lowest BCUT2D eigenvalue weighted by Gasteiger charge is -2.06. The number of aromatic nitrogens is 5. The zero-order valence-electron chi connectivity index (χ0n) is 9.90. The molecule has 2 heterocycles. The number of rotatable bonds is 2. The molecule has 18 heavy (non-hydrogen) atoms. The van der Waals surface area contributed by atoms with Crippen LogP contribution < -0.4 is 5.73 Å². The Morgan fingerprint density at radius 3 is 2.78 bits per heavy atom. The van der Waals surface area contributed by atoms with Gasteiger partial charge in [-0.3, -0.25) is 0 Å². The van der Waals surface area contributed by atoms with Gasteiger partial charge in [0, 0.05) is 6.07 Å². The Morgan fingerprint density at radius 2 is 2.17 bits per heavy atom. The van der Waals surface area contributed by atoms with E-state index in [1.54, 1.807) is 13.0 Å². The highest BCUT2D eigenvalue weighted by molar-refractivity contribution is 5.85. The first-order chi connectivity index (χ1) is 8.11. The Morgan fingerprint density at radius 1 is 1.44 bits per heavy atom. The molecule has 94 valence electrons. The molecule has 2 rings (SSSR count). The van der Waals surface area contributed by atoms with Gasteiger partial charge in [-0.05, 0) is 13.8 Å². The average Bonchev–Trinajstić information content (AvgIpc) is 2.72. The van der Waals surface area contributed by atoms with Crippen molar-refractivity contribution in [3.05, 3.63) is 29.7 Å². The van der Waals surface area contributed by atoms with Crippen molar-refractivity contribution in [1.82, 2.24) is 24.7 Å². The molecule has 0 spiro atoms. The number of nitrogens with zero attached hydrogens (tertiary/aromatic N) is 6. The van der Waals surface area contributed by atoms with Gasteiger partial charge in [0.15, 0.2) is 11.6 Å². The molecule has 0 bridgehead atoms. The molecule has 0 saturated heterocycles. The van der Waals surface area contributed by atoms with Crippen molar-refractivity contribution in [2.75, 3.05) is 0 Å². The van der Waals surface area contributed by atoms with Crippen molar-refractivity contribution < 1.29 is 0 Å². The third kappa shape index (κ3) is 2.61. The lowest BCUT2D eigenvalue weighted by atomic mass is 10.3. The molecule has 2 aromatic rings. The summed E-state index contributed by atoms with van der Waals surface area (Å²) in [5.74, 6) is 1.70. The summed E-state index contributed by atoms with van der Waals surface area (Å²) in [6.07, 6.45) is 1.32. The van der Waals surface area contributed by atoms with Gasteiger partial charge in [0.25, 0.3) is 0 Å². The molecule has 8 heteroatoms. The summed E-state index contributed by atoms with van der Waals surface area (Å²) >= 11 is 0. The molecular formula is C10H12ClN7. The summed E-state index contributed by atoms with van der Waals surface area (Å²) in [4.78, 5) is 12.1. The Balaban J connectivity index is 0.00000162. The molecule has 0 aliphatic carbocycles. The zero-order chi connectivity index (χ0) is 12.4. The molecule has 0 saturated carbocycles. The van der Waals surface area contributed by atoms with E-state index in [2.05, 4.69) is 20.1 Å². The fraction of sp³-hybridized carbons (Fsp3) is 0.300. The number of aryl methyl sites for hydroxylation is 1. The Bertz CT molecular complexity index is 584. The molecule has 0 unspecified atom stereocenters. The molecule has 0 amide bonds. The molecular weight excluding hydrogens is 254 g/mol. The fourth-order valence-electron chi connectivity index (χ4n) is 1.42. The minimum atomic E-state index is -0.267. The lowest BCUT2D eigenvalue weighted by Crippen LogP contribution is -2.14.